The molecule has 0 aliphatic heterocycles. The van der Waals surface area contributed by atoms with Crippen LogP contribution in [0.1, 0.15) is 5.56 Å². The van der Waals surface area contributed by atoms with Gasteiger partial charge in [-0.15, -0.1) is 0 Å². The average Bonchev–Trinajstić information content (AvgIpc) is 1.83. The lowest BCUT2D eigenvalue weighted by atomic mass is 10.3. The van der Waals surface area contributed by atoms with Crippen LogP contribution in [0.25, 0.3) is 0 Å². The van der Waals surface area contributed by atoms with Gasteiger partial charge in [0.1, 0.15) is 5.56 Å². The number of nitrogens with one attached hydrogen (secondary N) is 1. The van der Waals surface area contributed by atoms with Gasteiger partial charge in [0.15, 0.2) is 0 Å². The van der Waals surface area contributed by atoms with E-state index in [-0.39, 0.29) is 5.82 Å². The van der Waals surface area contributed by atoms with E-state index in [0.29, 0.717) is 0 Å². The molecule has 0 spiro atoms. The van der Waals surface area contributed by atoms with Crippen LogP contribution in [0.3, 0.4) is 0 Å². The van der Waals surface area contributed by atoms with Crippen molar-refractivity contribution in [3.8, 4) is 0 Å². The molecule has 0 aromatic carbocycles. The first-order chi connectivity index (χ1) is 5.41. The minimum atomic E-state index is -4.44. The summed E-state index contributed by atoms with van der Waals surface area (Å²) >= 11 is 5.26. The quantitative estimate of drug-likeness (QED) is 0.633. The third kappa shape index (κ3) is 1.79. The second kappa shape index (κ2) is 2.82. The first-order valence-corrected chi connectivity index (χ1v) is 3.33. The van der Waals surface area contributed by atoms with Crippen molar-refractivity contribution >= 4 is 17.4 Å². The van der Waals surface area contributed by atoms with Crippen LogP contribution in [0.2, 0.25) is 5.15 Å². The lowest BCUT2D eigenvalue weighted by Gasteiger charge is -2.05. The van der Waals surface area contributed by atoms with Gasteiger partial charge in [-0.1, -0.05) is 0 Å². The smallest absolute Gasteiger partial charge is 0.287 e. The zero-order chi connectivity index (χ0) is 9.35. The summed E-state index contributed by atoms with van der Waals surface area (Å²) in [7, 11) is 0. The molecule has 0 unspecified atom stereocenters. The number of hydrogen-bond donors (Lipinski definition) is 1. The highest BCUT2D eigenvalue weighted by Crippen LogP contribution is 2.32. The molecule has 0 bridgehead atoms. The maximum atomic E-state index is 12.0. The lowest BCUT2D eigenvalue weighted by Crippen LogP contribution is -2.17. The van der Waals surface area contributed by atoms with Crippen LogP contribution in [0.4, 0.5) is 19.0 Å². The first kappa shape index (κ1) is 9.12. The second-order valence-electron chi connectivity index (χ2n) is 2.14. The Morgan fingerprint density at radius 2 is 1.92 bits per heavy atom. The Morgan fingerprint density at radius 3 is 2.33 bits per heavy atom. The highest BCUT2D eigenvalue weighted by molar-refractivity contribution is 6.29. The molecule has 1 aromatic heterocycles. The average molecular weight is 198 g/mol. The molecule has 2 nitrogen and oxygen atoms in total. The number of pyridine rings is 1. The van der Waals surface area contributed by atoms with Gasteiger partial charge in [0.25, 0.3) is 5.82 Å². The van der Waals surface area contributed by atoms with E-state index >= 15 is 0 Å². The third-order valence-corrected chi connectivity index (χ3v) is 1.52. The van der Waals surface area contributed by atoms with E-state index in [1.807, 2.05) is 0 Å². The van der Waals surface area contributed by atoms with Gasteiger partial charge >= 0.3 is 6.18 Å². The second-order valence-corrected chi connectivity index (χ2v) is 2.52. The molecule has 0 aliphatic carbocycles. The Morgan fingerprint density at radius 1 is 1.33 bits per heavy atom. The van der Waals surface area contributed by atoms with E-state index in [2.05, 4.69) is 4.98 Å². The van der Waals surface area contributed by atoms with Crippen molar-refractivity contribution in [2.45, 2.75) is 6.18 Å². The van der Waals surface area contributed by atoms with Crippen LogP contribution in [-0.4, -0.2) is 0 Å². The number of H-pyrrole nitrogens is 1. The van der Waals surface area contributed by atoms with Crippen LogP contribution >= 0.6 is 11.6 Å². The summed E-state index contributed by atoms with van der Waals surface area (Å²) in [5.41, 5.74) is 4.25. The van der Waals surface area contributed by atoms with Gasteiger partial charge in [0.2, 0.25) is 5.15 Å². The van der Waals surface area contributed by atoms with E-state index in [4.69, 9.17) is 17.3 Å². The zero-order valence-electron chi connectivity index (χ0n) is 5.74. The molecule has 0 fully saturated rings. The van der Waals surface area contributed by atoms with Gasteiger partial charge < -0.3 is 0 Å². The van der Waals surface area contributed by atoms with Gasteiger partial charge in [-0.3, -0.25) is 5.73 Å². The number of rotatable bonds is 0. The van der Waals surface area contributed by atoms with Crippen molar-refractivity contribution < 1.29 is 18.2 Å². The standard InChI is InChI=1S/C6H4ClF3N2/c7-5-3(6(8,9)10)1-2-4(11)12-5/h1-2H,(H2,11,12)/p+1. The van der Waals surface area contributed by atoms with Crippen molar-refractivity contribution in [3.63, 3.8) is 0 Å². The van der Waals surface area contributed by atoms with Crippen molar-refractivity contribution in [1.82, 2.24) is 0 Å². The van der Waals surface area contributed by atoms with Gasteiger partial charge in [-0.05, 0) is 17.7 Å². The molecule has 66 valence electrons. The Hall–Kier alpha value is -0.970. The maximum Gasteiger partial charge on any atom is 0.421 e. The fraction of sp³-hybridized carbons (Fsp3) is 0.167. The maximum absolute atomic E-state index is 12.0. The summed E-state index contributed by atoms with van der Waals surface area (Å²) in [4.78, 5) is 2.17. The molecular formula is C6H5ClF3N2+. The minimum Gasteiger partial charge on any atom is -0.287 e. The molecule has 0 aliphatic rings. The fourth-order valence-electron chi connectivity index (χ4n) is 0.701. The van der Waals surface area contributed by atoms with E-state index in [9.17, 15) is 13.2 Å². The number of aromatic amines is 1. The van der Waals surface area contributed by atoms with Crippen LogP contribution in [-0.2, 0) is 6.18 Å². The summed E-state index contributed by atoms with van der Waals surface area (Å²) in [6.07, 6.45) is -4.44. The van der Waals surface area contributed by atoms with E-state index < -0.39 is 16.9 Å². The Balaban J connectivity index is 3.19. The molecule has 0 radical (unpaired) electrons. The predicted molar refractivity (Wildman–Crippen MR) is 37.4 cm³/mol. The van der Waals surface area contributed by atoms with Crippen molar-refractivity contribution in [3.05, 3.63) is 22.8 Å². The molecule has 1 heterocycles. The summed E-state index contributed by atoms with van der Waals surface area (Å²) in [6, 6.07) is 1.93. The van der Waals surface area contributed by atoms with E-state index in [1.165, 1.54) is 0 Å². The van der Waals surface area contributed by atoms with Gasteiger partial charge in [0, 0.05) is 6.07 Å². The number of halogens is 4. The third-order valence-electron chi connectivity index (χ3n) is 1.23. The van der Waals surface area contributed by atoms with Crippen molar-refractivity contribution in [2.24, 2.45) is 0 Å². The molecule has 0 amide bonds. The lowest BCUT2D eigenvalue weighted by molar-refractivity contribution is -0.361. The minimum absolute atomic E-state index is 0.0907. The topological polar surface area (TPSA) is 40.2 Å². The van der Waals surface area contributed by atoms with E-state index in [0.717, 1.165) is 12.1 Å². The van der Waals surface area contributed by atoms with E-state index in [1.54, 1.807) is 0 Å². The largest absolute Gasteiger partial charge is 0.421 e. The summed E-state index contributed by atoms with van der Waals surface area (Å²) in [5.74, 6) is 0.0907. The molecule has 0 saturated carbocycles. The Kier molecular flexibility index (Phi) is 2.14. The Bertz CT molecular complexity index is 297. The van der Waals surface area contributed by atoms with Crippen LogP contribution in [0.15, 0.2) is 12.1 Å². The summed E-state index contributed by atoms with van der Waals surface area (Å²) in [6.45, 7) is 0. The molecule has 1 rings (SSSR count). The summed E-state index contributed by atoms with van der Waals surface area (Å²) < 4.78 is 36.1. The van der Waals surface area contributed by atoms with Crippen LogP contribution in [0.5, 0.6) is 0 Å². The van der Waals surface area contributed by atoms with Crippen molar-refractivity contribution in [1.29, 1.82) is 0 Å². The molecule has 0 atom stereocenters. The van der Waals surface area contributed by atoms with Gasteiger partial charge in [-0.2, -0.15) is 13.2 Å². The highest BCUT2D eigenvalue weighted by atomic mass is 35.5. The molecule has 6 heteroatoms. The highest BCUT2D eigenvalue weighted by Gasteiger charge is 2.35. The molecule has 3 N–H and O–H groups in total. The van der Waals surface area contributed by atoms with Gasteiger partial charge in [0.05, 0.1) is 0 Å². The monoisotopic (exact) mass is 197 g/mol. The number of nitrogen functional groups attached to an aromatic ring is 1. The van der Waals surface area contributed by atoms with Crippen LogP contribution < -0.4 is 10.7 Å². The predicted octanol–water partition coefficient (Wildman–Crippen LogP) is 1.76. The zero-order valence-corrected chi connectivity index (χ0v) is 6.50. The normalized spacial score (nSPS) is 11.7. The number of aromatic nitrogens is 1. The molecule has 0 saturated heterocycles. The number of nitrogens with two attached hydrogens (primary N) is 1. The van der Waals surface area contributed by atoms with Crippen molar-refractivity contribution in [2.75, 3.05) is 5.73 Å². The Labute approximate surface area is 71.2 Å². The van der Waals surface area contributed by atoms with Crippen LogP contribution in [0, 0.1) is 0 Å². The van der Waals surface area contributed by atoms with Gasteiger partial charge in [-0.25, -0.2) is 4.98 Å². The number of alkyl halides is 3. The molecule has 1 aromatic rings. The number of hydrogen-bond acceptors (Lipinski definition) is 1. The number of anilines is 1. The molecular weight excluding hydrogens is 193 g/mol. The fourth-order valence-corrected chi connectivity index (χ4v) is 0.980. The SMILES string of the molecule is Nc1ccc(C(F)(F)F)c(Cl)[nH+]1. The summed E-state index contributed by atoms with van der Waals surface area (Å²) in [5, 5.41) is -0.498. The molecule has 12 heavy (non-hydrogen) atoms. The first-order valence-electron chi connectivity index (χ1n) is 2.96.